The minimum Gasteiger partial charge on any atom is -0.484 e. The van der Waals surface area contributed by atoms with E-state index in [-0.39, 0.29) is 31.1 Å². The molecule has 0 radical (unpaired) electrons. The molecule has 0 bridgehead atoms. The predicted octanol–water partition coefficient (Wildman–Crippen LogP) is 0.967. The maximum Gasteiger partial charge on any atom is 0.258 e. The van der Waals surface area contributed by atoms with E-state index in [2.05, 4.69) is 5.32 Å². The fourth-order valence-electron chi connectivity index (χ4n) is 2.37. The standard InChI is InChI=1S/C14H18ClNO4/c15-10-1-3-12(4-2-10)20-8-14(19)16-11-5-9(7-17)13(18)6-11/h1-4,9,11,13,17-18H,5-8H2,(H,16,19). The van der Waals surface area contributed by atoms with Crippen molar-refractivity contribution >= 4 is 17.5 Å². The lowest BCUT2D eigenvalue weighted by atomic mass is 10.1. The maximum atomic E-state index is 11.7. The summed E-state index contributed by atoms with van der Waals surface area (Å²) in [5.41, 5.74) is 0. The summed E-state index contributed by atoms with van der Waals surface area (Å²) in [7, 11) is 0. The van der Waals surface area contributed by atoms with Gasteiger partial charge in [-0.15, -0.1) is 0 Å². The fraction of sp³-hybridized carbons (Fsp3) is 0.500. The summed E-state index contributed by atoms with van der Waals surface area (Å²) in [4.78, 5) is 11.7. The summed E-state index contributed by atoms with van der Waals surface area (Å²) in [6, 6.07) is 6.65. The van der Waals surface area contributed by atoms with E-state index in [1.807, 2.05) is 0 Å². The Morgan fingerprint density at radius 3 is 2.65 bits per heavy atom. The van der Waals surface area contributed by atoms with Crippen LogP contribution in [0.1, 0.15) is 12.8 Å². The number of hydrogen-bond acceptors (Lipinski definition) is 4. The first kappa shape index (κ1) is 15.1. The minimum atomic E-state index is -0.553. The summed E-state index contributed by atoms with van der Waals surface area (Å²) < 4.78 is 5.33. The van der Waals surface area contributed by atoms with Crippen LogP contribution < -0.4 is 10.1 Å². The quantitative estimate of drug-likeness (QED) is 0.757. The molecule has 1 aromatic rings. The zero-order valence-corrected chi connectivity index (χ0v) is 11.7. The van der Waals surface area contributed by atoms with Gasteiger partial charge < -0.3 is 20.3 Å². The summed E-state index contributed by atoms with van der Waals surface area (Å²) in [6.07, 6.45) is 0.505. The van der Waals surface area contributed by atoms with E-state index < -0.39 is 6.10 Å². The first-order valence-electron chi connectivity index (χ1n) is 6.55. The SMILES string of the molecule is O=C(COc1ccc(Cl)cc1)NC1CC(O)C(CO)C1. The van der Waals surface area contributed by atoms with Crippen molar-refractivity contribution in [2.45, 2.75) is 25.0 Å². The van der Waals surface area contributed by atoms with Gasteiger partial charge in [-0.25, -0.2) is 0 Å². The molecular formula is C14H18ClNO4. The number of hydrogen-bond donors (Lipinski definition) is 3. The highest BCUT2D eigenvalue weighted by Gasteiger charge is 2.33. The van der Waals surface area contributed by atoms with Crippen LogP contribution in [0.5, 0.6) is 5.75 Å². The van der Waals surface area contributed by atoms with Crippen LogP contribution in [0.25, 0.3) is 0 Å². The summed E-state index contributed by atoms with van der Waals surface area (Å²) in [6.45, 7) is -0.146. The van der Waals surface area contributed by atoms with Gasteiger partial charge in [-0.2, -0.15) is 0 Å². The van der Waals surface area contributed by atoms with Crippen LogP contribution in [0, 0.1) is 5.92 Å². The average molecular weight is 300 g/mol. The molecule has 1 aromatic carbocycles. The van der Waals surface area contributed by atoms with Crippen LogP contribution in [-0.4, -0.2) is 41.5 Å². The molecule has 1 aliphatic carbocycles. The topological polar surface area (TPSA) is 78.8 Å². The number of aliphatic hydroxyl groups excluding tert-OH is 2. The van der Waals surface area contributed by atoms with Crippen molar-refractivity contribution in [2.24, 2.45) is 5.92 Å². The molecule has 0 saturated heterocycles. The fourth-order valence-corrected chi connectivity index (χ4v) is 2.49. The van der Waals surface area contributed by atoms with E-state index in [1.165, 1.54) is 0 Å². The lowest BCUT2D eigenvalue weighted by molar-refractivity contribution is -0.123. The molecule has 5 nitrogen and oxygen atoms in total. The van der Waals surface area contributed by atoms with Crippen molar-refractivity contribution in [3.8, 4) is 5.75 Å². The molecule has 20 heavy (non-hydrogen) atoms. The number of rotatable bonds is 5. The number of carbonyl (C=O) groups is 1. The molecule has 3 N–H and O–H groups in total. The number of amides is 1. The van der Waals surface area contributed by atoms with Crippen molar-refractivity contribution in [2.75, 3.05) is 13.2 Å². The van der Waals surface area contributed by atoms with Crippen LogP contribution in [0.2, 0.25) is 5.02 Å². The van der Waals surface area contributed by atoms with Gasteiger partial charge in [0.1, 0.15) is 5.75 Å². The van der Waals surface area contributed by atoms with Gasteiger partial charge >= 0.3 is 0 Å². The van der Waals surface area contributed by atoms with Crippen LogP contribution in [0.15, 0.2) is 24.3 Å². The predicted molar refractivity (Wildman–Crippen MR) is 74.7 cm³/mol. The van der Waals surface area contributed by atoms with Crippen LogP contribution in [0.3, 0.4) is 0 Å². The highest BCUT2D eigenvalue weighted by atomic mass is 35.5. The molecule has 3 unspecified atom stereocenters. The molecule has 0 aromatic heterocycles. The van der Waals surface area contributed by atoms with Gasteiger partial charge in [-0.3, -0.25) is 4.79 Å². The number of ether oxygens (including phenoxy) is 1. The molecule has 2 rings (SSSR count). The van der Waals surface area contributed by atoms with Crippen molar-refractivity contribution < 1.29 is 19.7 Å². The van der Waals surface area contributed by atoms with Crippen molar-refractivity contribution in [3.05, 3.63) is 29.3 Å². The average Bonchev–Trinajstić information content (AvgIpc) is 2.78. The molecule has 0 heterocycles. The van der Waals surface area contributed by atoms with E-state index in [9.17, 15) is 9.90 Å². The monoisotopic (exact) mass is 299 g/mol. The molecule has 110 valence electrons. The lowest BCUT2D eigenvalue weighted by Crippen LogP contribution is -2.36. The Hall–Kier alpha value is -1.30. The number of carbonyl (C=O) groups excluding carboxylic acids is 1. The molecular weight excluding hydrogens is 282 g/mol. The second-order valence-electron chi connectivity index (χ2n) is 4.99. The normalized spacial score (nSPS) is 25.4. The Balaban J connectivity index is 1.74. The van der Waals surface area contributed by atoms with E-state index in [0.717, 1.165) is 0 Å². The van der Waals surface area contributed by atoms with E-state index in [0.29, 0.717) is 23.6 Å². The first-order valence-corrected chi connectivity index (χ1v) is 6.93. The maximum absolute atomic E-state index is 11.7. The van der Waals surface area contributed by atoms with Crippen LogP contribution >= 0.6 is 11.6 Å². The van der Waals surface area contributed by atoms with Gasteiger partial charge in [-0.1, -0.05) is 11.6 Å². The molecule has 1 aliphatic rings. The summed E-state index contributed by atoms with van der Waals surface area (Å²) in [5, 5.41) is 22.1. The van der Waals surface area contributed by atoms with Crippen molar-refractivity contribution in [1.29, 1.82) is 0 Å². The Labute approximate surface area is 122 Å². The van der Waals surface area contributed by atoms with Gasteiger partial charge in [0.25, 0.3) is 5.91 Å². The number of halogens is 1. The van der Waals surface area contributed by atoms with Gasteiger partial charge in [0, 0.05) is 23.6 Å². The number of benzene rings is 1. The second kappa shape index (κ2) is 6.92. The molecule has 1 saturated carbocycles. The van der Waals surface area contributed by atoms with Crippen molar-refractivity contribution in [1.82, 2.24) is 5.32 Å². The Morgan fingerprint density at radius 2 is 2.05 bits per heavy atom. The lowest BCUT2D eigenvalue weighted by Gasteiger charge is -2.13. The van der Waals surface area contributed by atoms with Gasteiger partial charge in [0.05, 0.1) is 6.10 Å². The van der Waals surface area contributed by atoms with E-state index in [1.54, 1.807) is 24.3 Å². The van der Waals surface area contributed by atoms with Crippen LogP contribution in [0.4, 0.5) is 0 Å². The molecule has 3 atom stereocenters. The van der Waals surface area contributed by atoms with Gasteiger partial charge in [-0.05, 0) is 37.1 Å². The smallest absolute Gasteiger partial charge is 0.258 e. The Bertz CT molecular complexity index is 451. The second-order valence-corrected chi connectivity index (χ2v) is 5.42. The molecule has 1 amide bonds. The van der Waals surface area contributed by atoms with Gasteiger partial charge in [0.2, 0.25) is 0 Å². The molecule has 0 aliphatic heterocycles. The molecule has 1 fully saturated rings. The highest BCUT2D eigenvalue weighted by Crippen LogP contribution is 2.25. The third-order valence-electron chi connectivity index (χ3n) is 3.44. The number of nitrogens with one attached hydrogen (secondary N) is 1. The zero-order valence-electron chi connectivity index (χ0n) is 11.0. The Morgan fingerprint density at radius 1 is 1.35 bits per heavy atom. The van der Waals surface area contributed by atoms with Crippen LogP contribution in [-0.2, 0) is 4.79 Å². The molecule has 6 heteroatoms. The zero-order chi connectivity index (χ0) is 14.5. The third kappa shape index (κ3) is 4.10. The minimum absolute atomic E-state index is 0.0607. The summed E-state index contributed by atoms with van der Waals surface area (Å²) >= 11 is 5.75. The largest absolute Gasteiger partial charge is 0.484 e. The van der Waals surface area contributed by atoms with Crippen molar-refractivity contribution in [3.63, 3.8) is 0 Å². The highest BCUT2D eigenvalue weighted by molar-refractivity contribution is 6.30. The van der Waals surface area contributed by atoms with Gasteiger partial charge in [0.15, 0.2) is 6.61 Å². The van der Waals surface area contributed by atoms with E-state index in [4.69, 9.17) is 21.4 Å². The number of aliphatic hydroxyl groups is 2. The molecule has 0 spiro atoms. The van der Waals surface area contributed by atoms with E-state index >= 15 is 0 Å². The third-order valence-corrected chi connectivity index (χ3v) is 3.69. The first-order chi connectivity index (χ1) is 9.58. The summed E-state index contributed by atoms with van der Waals surface area (Å²) in [5.74, 6) is 0.178. The Kier molecular flexibility index (Phi) is 5.23.